The first-order valence-corrected chi connectivity index (χ1v) is 7.87. The molecule has 1 rings (SSSR count). The maximum absolute atomic E-state index is 12.8. The molecule has 0 amide bonds. The Kier molecular flexibility index (Phi) is 7.62. The van der Waals surface area contributed by atoms with Crippen LogP contribution in [0.25, 0.3) is 0 Å². The summed E-state index contributed by atoms with van der Waals surface area (Å²) in [5, 5.41) is 3.09. The minimum Gasteiger partial charge on any atom is -0.385 e. The zero-order valence-electron chi connectivity index (χ0n) is 13.0. The molecule has 0 heterocycles. The number of rotatable bonds is 9. The summed E-state index contributed by atoms with van der Waals surface area (Å²) in [4.78, 5) is 0. The average molecular weight is 301 g/mol. The van der Waals surface area contributed by atoms with Crippen molar-refractivity contribution in [1.82, 2.24) is 0 Å². The molecule has 1 N–H and O–H groups in total. The molecule has 0 spiro atoms. The molecule has 1 aromatic rings. The molecular weight excluding hydrogens is 275 g/mol. The molecule has 0 aliphatic carbocycles. The van der Waals surface area contributed by atoms with Crippen LogP contribution >= 0.6 is 0 Å². The molecule has 1 aromatic carbocycles. The van der Waals surface area contributed by atoms with Gasteiger partial charge in [-0.1, -0.05) is 51.5 Å². The molecule has 0 aliphatic rings. The van der Waals surface area contributed by atoms with Crippen LogP contribution in [0.15, 0.2) is 18.2 Å². The van der Waals surface area contributed by atoms with Gasteiger partial charge in [0.2, 0.25) is 0 Å². The largest absolute Gasteiger partial charge is 0.416 e. The molecule has 0 radical (unpaired) electrons. The first kappa shape index (κ1) is 17.9. The van der Waals surface area contributed by atoms with Crippen LogP contribution < -0.4 is 5.32 Å². The van der Waals surface area contributed by atoms with E-state index in [2.05, 4.69) is 12.2 Å². The van der Waals surface area contributed by atoms with Gasteiger partial charge in [0, 0.05) is 12.2 Å². The van der Waals surface area contributed by atoms with Crippen LogP contribution in [0.3, 0.4) is 0 Å². The van der Waals surface area contributed by atoms with Gasteiger partial charge in [-0.05, 0) is 31.0 Å². The van der Waals surface area contributed by atoms with E-state index in [0.29, 0.717) is 5.69 Å². The number of unbranched alkanes of at least 4 members (excludes halogenated alkanes) is 6. The minimum atomic E-state index is -4.28. The molecule has 0 saturated heterocycles. The molecule has 0 fully saturated rings. The van der Waals surface area contributed by atoms with Crippen LogP contribution in [-0.4, -0.2) is 6.54 Å². The number of alkyl halides is 3. The topological polar surface area (TPSA) is 12.0 Å². The summed E-state index contributed by atoms with van der Waals surface area (Å²) in [5.74, 6) is 0. The maximum Gasteiger partial charge on any atom is 0.416 e. The predicted octanol–water partition coefficient (Wildman–Crippen LogP) is 6.18. The van der Waals surface area contributed by atoms with Crippen molar-refractivity contribution in [1.29, 1.82) is 0 Å². The van der Waals surface area contributed by atoms with Gasteiger partial charge in [-0.2, -0.15) is 13.2 Å². The highest BCUT2D eigenvalue weighted by atomic mass is 19.4. The van der Waals surface area contributed by atoms with E-state index in [9.17, 15) is 13.2 Å². The predicted molar refractivity (Wildman–Crippen MR) is 82.7 cm³/mol. The molecule has 120 valence electrons. The molecule has 0 bridgehead atoms. The number of nitrogens with one attached hydrogen (secondary N) is 1. The first-order valence-electron chi connectivity index (χ1n) is 7.87. The van der Waals surface area contributed by atoms with Crippen LogP contribution in [0.1, 0.15) is 63.0 Å². The highest BCUT2D eigenvalue weighted by molar-refractivity contribution is 5.49. The van der Waals surface area contributed by atoms with Crippen LogP contribution in [-0.2, 0) is 6.18 Å². The fourth-order valence-corrected chi connectivity index (χ4v) is 2.35. The summed E-state index contributed by atoms with van der Waals surface area (Å²) >= 11 is 0. The van der Waals surface area contributed by atoms with Gasteiger partial charge in [-0.15, -0.1) is 0 Å². The van der Waals surface area contributed by atoms with Crippen molar-refractivity contribution in [3.63, 3.8) is 0 Å². The van der Waals surface area contributed by atoms with Crippen molar-refractivity contribution in [3.8, 4) is 0 Å². The van der Waals surface area contributed by atoms with E-state index in [1.54, 1.807) is 6.07 Å². The minimum absolute atomic E-state index is 0.268. The van der Waals surface area contributed by atoms with Gasteiger partial charge in [0.25, 0.3) is 0 Å². The third-order valence-corrected chi connectivity index (χ3v) is 3.65. The first-order chi connectivity index (χ1) is 9.95. The molecule has 4 heteroatoms. The monoisotopic (exact) mass is 301 g/mol. The lowest BCUT2D eigenvalue weighted by molar-refractivity contribution is -0.138. The third kappa shape index (κ3) is 6.87. The standard InChI is InChI=1S/C17H26F3N/c1-3-4-5-6-7-8-9-12-21-15-11-10-14(2)16(13-15)17(18,19)20/h10-11,13,21H,3-9,12H2,1-2H3. The van der Waals surface area contributed by atoms with Gasteiger partial charge < -0.3 is 5.32 Å². The van der Waals surface area contributed by atoms with Crippen molar-refractivity contribution >= 4 is 5.69 Å². The van der Waals surface area contributed by atoms with Gasteiger partial charge in [0.05, 0.1) is 5.56 Å². The van der Waals surface area contributed by atoms with E-state index in [-0.39, 0.29) is 5.56 Å². The molecule has 0 saturated carbocycles. The Morgan fingerprint density at radius 3 is 2.19 bits per heavy atom. The maximum atomic E-state index is 12.8. The summed E-state index contributed by atoms with van der Waals surface area (Å²) in [7, 11) is 0. The Morgan fingerprint density at radius 2 is 1.57 bits per heavy atom. The Bertz CT molecular complexity index is 413. The van der Waals surface area contributed by atoms with E-state index in [4.69, 9.17) is 0 Å². The lowest BCUT2D eigenvalue weighted by Gasteiger charge is -2.13. The number of hydrogen-bond donors (Lipinski definition) is 1. The zero-order valence-corrected chi connectivity index (χ0v) is 13.0. The van der Waals surface area contributed by atoms with E-state index >= 15 is 0 Å². The highest BCUT2D eigenvalue weighted by Crippen LogP contribution is 2.33. The quantitative estimate of drug-likeness (QED) is 0.537. The Balaban J connectivity index is 2.30. The van der Waals surface area contributed by atoms with Crippen LogP contribution in [0, 0.1) is 6.92 Å². The number of anilines is 1. The molecule has 0 aliphatic heterocycles. The molecule has 0 unspecified atom stereocenters. The SMILES string of the molecule is CCCCCCCCCNc1ccc(C)c(C(F)(F)F)c1. The van der Waals surface area contributed by atoms with Crippen molar-refractivity contribution < 1.29 is 13.2 Å². The van der Waals surface area contributed by atoms with Gasteiger partial charge in [0.15, 0.2) is 0 Å². The number of benzene rings is 1. The normalized spacial score (nSPS) is 11.7. The Labute approximate surface area is 125 Å². The second kappa shape index (κ2) is 8.96. The van der Waals surface area contributed by atoms with Crippen molar-refractivity contribution in [2.24, 2.45) is 0 Å². The summed E-state index contributed by atoms with van der Waals surface area (Å²) < 4.78 is 38.4. The van der Waals surface area contributed by atoms with Gasteiger partial charge in [0.1, 0.15) is 0 Å². The lowest BCUT2D eigenvalue weighted by Crippen LogP contribution is -2.09. The van der Waals surface area contributed by atoms with Crippen molar-refractivity contribution in [2.75, 3.05) is 11.9 Å². The fourth-order valence-electron chi connectivity index (χ4n) is 2.35. The number of hydrogen-bond acceptors (Lipinski definition) is 1. The number of halogens is 3. The second-order valence-electron chi connectivity index (χ2n) is 5.58. The summed E-state index contributed by atoms with van der Waals surface area (Å²) in [6.45, 7) is 4.41. The summed E-state index contributed by atoms with van der Waals surface area (Å²) in [6, 6.07) is 4.44. The van der Waals surface area contributed by atoms with E-state index in [1.165, 1.54) is 51.2 Å². The van der Waals surface area contributed by atoms with Crippen molar-refractivity contribution in [2.45, 2.75) is 65.0 Å². The molecule has 21 heavy (non-hydrogen) atoms. The summed E-state index contributed by atoms with van der Waals surface area (Å²) in [6.07, 6.45) is 4.16. The highest BCUT2D eigenvalue weighted by Gasteiger charge is 2.32. The second-order valence-corrected chi connectivity index (χ2v) is 5.58. The van der Waals surface area contributed by atoms with E-state index < -0.39 is 11.7 Å². The van der Waals surface area contributed by atoms with Crippen LogP contribution in [0.2, 0.25) is 0 Å². The average Bonchev–Trinajstić information content (AvgIpc) is 2.42. The van der Waals surface area contributed by atoms with Gasteiger partial charge in [-0.3, -0.25) is 0 Å². The zero-order chi connectivity index (χ0) is 15.7. The Hall–Kier alpha value is -1.19. The van der Waals surface area contributed by atoms with E-state index in [1.807, 2.05) is 0 Å². The molecule has 0 atom stereocenters. The molecule has 1 nitrogen and oxygen atoms in total. The van der Waals surface area contributed by atoms with Gasteiger partial charge >= 0.3 is 6.18 Å². The van der Waals surface area contributed by atoms with Crippen LogP contribution in [0.5, 0.6) is 0 Å². The lowest BCUT2D eigenvalue weighted by atomic mass is 10.1. The van der Waals surface area contributed by atoms with Crippen LogP contribution in [0.4, 0.5) is 18.9 Å². The number of aryl methyl sites for hydroxylation is 1. The van der Waals surface area contributed by atoms with Crippen molar-refractivity contribution in [3.05, 3.63) is 29.3 Å². The van der Waals surface area contributed by atoms with Gasteiger partial charge in [-0.25, -0.2) is 0 Å². The smallest absolute Gasteiger partial charge is 0.385 e. The molecular formula is C17H26F3N. The fraction of sp³-hybridized carbons (Fsp3) is 0.647. The Morgan fingerprint density at radius 1 is 0.952 bits per heavy atom. The molecule has 0 aromatic heterocycles. The summed E-state index contributed by atoms with van der Waals surface area (Å²) in [5.41, 5.74) is 0.273. The third-order valence-electron chi connectivity index (χ3n) is 3.65. The van der Waals surface area contributed by atoms with E-state index in [0.717, 1.165) is 19.4 Å².